The van der Waals surface area contributed by atoms with E-state index in [0.717, 1.165) is 17.2 Å². The van der Waals surface area contributed by atoms with Crippen molar-refractivity contribution in [1.82, 2.24) is 4.98 Å². The smallest absolute Gasteiger partial charge is 0.184 e. The molecule has 0 aliphatic carbocycles. The standard InChI is InChI=1S/C13H11BrN2S2/c1-8-3-2-4-10-12(8)16-13(18-10)15-7-9-5-6-11(14)17-9/h2-6H,7H2,1H3,(H,15,16). The lowest BCUT2D eigenvalue weighted by atomic mass is 10.2. The first-order chi connectivity index (χ1) is 8.72. The minimum absolute atomic E-state index is 0.829. The summed E-state index contributed by atoms with van der Waals surface area (Å²) in [5, 5.41) is 4.38. The molecule has 5 heteroatoms. The van der Waals surface area contributed by atoms with Crippen LogP contribution in [0.15, 0.2) is 34.1 Å². The highest BCUT2D eigenvalue weighted by atomic mass is 79.9. The first-order valence-corrected chi connectivity index (χ1v) is 7.99. The topological polar surface area (TPSA) is 24.9 Å². The number of thiophene rings is 1. The number of anilines is 1. The molecule has 2 aromatic heterocycles. The maximum atomic E-state index is 4.63. The Balaban J connectivity index is 1.81. The number of hydrogen-bond donors (Lipinski definition) is 1. The summed E-state index contributed by atoms with van der Waals surface area (Å²) in [6, 6.07) is 10.5. The van der Waals surface area contributed by atoms with Crippen molar-refractivity contribution >= 4 is 54.0 Å². The Bertz CT molecular complexity index is 687. The van der Waals surface area contributed by atoms with Gasteiger partial charge in [0.15, 0.2) is 5.13 Å². The lowest BCUT2D eigenvalue weighted by Gasteiger charge is -1.98. The van der Waals surface area contributed by atoms with Crippen LogP contribution < -0.4 is 5.32 Å². The van der Waals surface area contributed by atoms with Crippen molar-refractivity contribution in [3.05, 3.63) is 44.6 Å². The molecule has 0 saturated carbocycles. The molecule has 3 aromatic rings. The van der Waals surface area contributed by atoms with Gasteiger partial charge in [-0.3, -0.25) is 0 Å². The maximum Gasteiger partial charge on any atom is 0.184 e. The van der Waals surface area contributed by atoms with Gasteiger partial charge in [-0.05, 0) is 46.6 Å². The van der Waals surface area contributed by atoms with Crippen LogP contribution in [0.1, 0.15) is 10.4 Å². The number of para-hydroxylation sites is 1. The number of benzene rings is 1. The van der Waals surface area contributed by atoms with Crippen LogP contribution in [-0.2, 0) is 6.54 Å². The van der Waals surface area contributed by atoms with E-state index in [9.17, 15) is 0 Å². The molecular weight excluding hydrogens is 328 g/mol. The van der Waals surface area contributed by atoms with Crippen LogP contribution in [0.25, 0.3) is 10.2 Å². The molecule has 1 aromatic carbocycles. The van der Waals surface area contributed by atoms with Gasteiger partial charge < -0.3 is 5.32 Å². The van der Waals surface area contributed by atoms with Crippen LogP contribution in [0.5, 0.6) is 0 Å². The van der Waals surface area contributed by atoms with Gasteiger partial charge in [0.25, 0.3) is 0 Å². The molecule has 0 aliphatic rings. The fraction of sp³-hybridized carbons (Fsp3) is 0.154. The van der Waals surface area contributed by atoms with Gasteiger partial charge in [-0.15, -0.1) is 11.3 Å². The SMILES string of the molecule is Cc1cccc2sc(NCc3ccc(Br)s3)nc12. The van der Waals surface area contributed by atoms with Crippen LogP contribution in [0.3, 0.4) is 0 Å². The summed E-state index contributed by atoms with van der Waals surface area (Å²) in [6.07, 6.45) is 0. The summed E-state index contributed by atoms with van der Waals surface area (Å²) in [7, 11) is 0. The number of hydrogen-bond acceptors (Lipinski definition) is 4. The molecule has 0 amide bonds. The zero-order valence-electron chi connectivity index (χ0n) is 9.74. The molecule has 0 radical (unpaired) electrons. The zero-order valence-corrected chi connectivity index (χ0v) is 13.0. The summed E-state index contributed by atoms with van der Waals surface area (Å²) >= 11 is 6.93. The summed E-state index contributed by atoms with van der Waals surface area (Å²) in [4.78, 5) is 5.94. The van der Waals surface area contributed by atoms with Crippen molar-refractivity contribution in [2.24, 2.45) is 0 Å². The average molecular weight is 339 g/mol. The van der Waals surface area contributed by atoms with Gasteiger partial charge in [0.05, 0.1) is 20.5 Å². The highest BCUT2D eigenvalue weighted by Crippen LogP contribution is 2.29. The molecule has 3 rings (SSSR count). The van der Waals surface area contributed by atoms with E-state index in [1.54, 1.807) is 22.7 Å². The molecule has 2 nitrogen and oxygen atoms in total. The van der Waals surface area contributed by atoms with Crippen molar-refractivity contribution in [3.8, 4) is 0 Å². The normalized spacial score (nSPS) is 11.0. The second kappa shape index (κ2) is 4.99. The fourth-order valence-electron chi connectivity index (χ4n) is 1.77. The average Bonchev–Trinajstić information content (AvgIpc) is 2.93. The number of aromatic nitrogens is 1. The monoisotopic (exact) mass is 338 g/mol. The van der Waals surface area contributed by atoms with Gasteiger partial charge in [-0.2, -0.15) is 0 Å². The number of nitrogens with zero attached hydrogens (tertiary/aromatic N) is 1. The van der Waals surface area contributed by atoms with Crippen LogP contribution >= 0.6 is 38.6 Å². The molecule has 1 N–H and O–H groups in total. The van der Waals surface area contributed by atoms with Crippen LogP contribution in [-0.4, -0.2) is 4.98 Å². The van der Waals surface area contributed by atoms with Crippen molar-refractivity contribution in [2.75, 3.05) is 5.32 Å². The van der Waals surface area contributed by atoms with Gasteiger partial charge in [0, 0.05) is 4.88 Å². The van der Waals surface area contributed by atoms with E-state index >= 15 is 0 Å². The van der Waals surface area contributed by atoms with Gasteiger partial charge >= 0.3 is 0 Å². The van der Waals surface area contributed by atoms with E-state index in [1.165, 1.54) is 18.9 Å². The summed E-state index contributed by atoms with van der Waals surface area (Å²) in [5.74, 6) is 0. The Morgan fingerprint density at radius 1 is 1.22 bits per heavy atom. The predicted molar refractivity (Wildman–Crippen MR) is 83.7 cm³/mol. The first-order valence-electron chi connectivity index (χ1n) is 5.56. The fourth-order valence-corrected chi connectivity index (χ4v) is 4.13. The summed E-state index contributed by atoms with van der Waals surface area (Å²) < 4.78 is 2.41. The Morgan fingerprint density at radius 3 is 2.83 bits per heavy atom. The predicted octanol–water partition coefficient (Wildman–Crippen LogP) is 5.04. The number of nitrogens with one attached hydrogen (secondary N) is 1. The second-order valence-corrected chi connectivity index (χ2v) is 7.58. The van der Waals surface area contributed by atoms with Crippen LogP contribution in [0, 0.1) is 6.92 Å². The second-order valence-electron chi connectivity index (χ2n) is 4.00. The van der Waals surface area contributed by atoms with Gasteiger partial charge in [-0.1, -0.05) is 23.5 Å². The van der Waals surface area contributed by atoms with Crippen molar-refractivity contribution < 1.29 is 0 Å². The Labute approximate surface area is 122 Å². The molecule has 18 heavy (non-hydrogen) atoms. The zero-order chi connectivity index (χ0) is 12.5. The van der Waals surface area contributed by atoms with Crippen molar-refractivity contribution in [2.45, 2.75) is 13.5 Å². The molecule has 0 fully saturated rings. The highest BCUT2D eigenvalue weighted by Gasteiger charge is 2.05. The Kier molecular flexibility index (Phi) is 3.37. The molecule has 0 unspecified atom stereocenters. The molecular formula is C13H11BrN2S2. The minimum Gasteiger partial charge on any atom is -0.357 e. The summed E-state index contributed by atoms with van der Waals surface area (Å²) in [5.41, 5.74) is 2.34. The van der Waals surface area contributed by atoms with E-state index in [0.29, 0.717) is 0 Å². The third-order valence-electron chi connectivity index (χ3n) is 2.66. The molecule has 0 saturated heterocycles. The number of halogens is 1. The number of fused-ring (bicyclic) bond motifs is 1. The van der Waals surface area contributed by atoms with Crippen molar-refractivity contribution in [3.63, 3.8) is 0 Å². The van der Waals surface area contributed by atoms with Gasteiger partial charge in [0.1, 0.15) is 0 Å². The van der Waals surface area contributed by atoms with Gasteiger partial charge in [-0.25, -0.2) is 4.98 Å². The lowest BCUT2D eigenvalue weighted by Crippen LogP contribution is -1.96. The number of rotatable bonds is 3. The minimum atomic E-state index is 0.829. The number of aryl methyl sites for hydroxylation is 1. The maximum absolute atomic E-state index is 4.63. The van der Waals surface area contributed by atoms with Gasteiger partial charge in [0.2, 0.25) is 0 Å². The molecule has 0 spiro atoms. The molecule has 0 atom stereocenters. The van der Waals surface area contributed by atoms with E-state index < -0.39 is 0 Å². The van der Waals surface area contributed by atoms with Crippen LogP contribution in [0.4, 0.5) is 5.13 Å². The first kappa shape index (κ1) is 12.1. The van der Waals surface area contributed by atoms with E-state index in [1.807, 2.05) is 0 Å². The van der Waals surface area contributed by atoms with Crippen LogP contribution in [0.2, 0.25) is 0 Å². The largest absolute Gasteiger partial charge is 0.357 e. The highest BCUT2D eigenvalue weighted by molar-refractivity contribution is 9.11. The molecule has 2 heterocycles. The Hall–Kier alpha value is -0.910. The third-order valence-corrected chi connectivity index (χ3v) is 5.27. The third kappa shape index (κ3) is 2.43. The van der Waals surface area contributed by atoms with E-state index in [4.69, 9.17) is 0 Å². The molecule has 92 valence electrons. The quantitative estimate of drug-likeness (QED) is 0.723. The number of thiazole rings is 1. The summed E-state index contributed by atoms with van der Waals surface area (Å²) in [6.45, 7) is 2.93. The van der Waals surface area contributed by atoms with E-state index in [-0.39, 0.29) is 0 Å². The van der Waals surface area contributed by atoms with E-state index in [2.05, 4.69) is 63.5 Å². The Morgan fingerprint density at radius 2 is 2.11 bits per heavy atom. The van der Waals surface area contributed by atoms with Crippen molar-refractivity contribution in [1.29, 1.82) is 0 Å². The lowest BCUT2D eigenvalue weighted by molar-refractivity contribution is 1.18. The molecule has 0 aliphatic heterocycles. The molecule has 0 bridgehead atoms.